The van der Waals surface area contributed by atoms with Crippen LogP contribution in [-0.4, -0.2) is 21.1 Å². The van der Waals surface area contributed by atoms with E-state index >= 15 is 0 Å². The molecule has 29 heavy (non-hydrogen) atoms. The molecule has 0 radical (unpaired) electrons. The maximum absolute atomic E-state index is 12.3. The van der Waals surface area contributed by atoms with Crippen molar-refractivity contribution in [2.24, 2.45) is 0 Å². The first-order chi connectivity index (χ1) is 14.0. The van der Waals surface area contributed by atoms with Crippen LogP contribution in [0.5, 0.6) is 0 Å². The number of aromatic nitrogens is 2. The third kappa shape index (κ3) is 6.39. The average Bonchev–Trinajstić information content (AvgIpc) is 3.22. The van der Waals surface area contributed by atoms with Crippen LogP contribution in [0.25, 0.3) is 0 Å². The van der Waals surface area contributed by atoms with Crippen molar-refractivity contribution in [3.8, 4) is 0 Å². The molecule has 6 heteroatoms. The molecule has 152 valence electrons. The van der Waals surface area contributed by atoms with Crippen LogP contribution in [0, 0.1) is 6.92 Å². The Labute approximate surface area is 176 Å². The van der Waals surface area contributed by atoms with Crippen molar-refractivity contribution in [3.63, 3.8) is 0 Å². The predicted molar refractivity (Wildman–Crippen MR) is 120 cm³/mol. The Balaban J connectivity index is 1.49. The number of thioether (sulfide) groups is 1. The van der Waals surface area contributed by atoms with Gasteiger partial charge in [0, 0.05) is 34.8 Å². The van der Waals surface area contributed by atoms with Gasteiger partial charge < -0.3 is 10.6 Å². The van der Waals surface area contributed by atoms with E-state index in [1.165, 1.54) is 10.5 Å². The standard InChI is InChI=1S/C23H28N4OS/c1-4-18(3)29-21-10-11-22(17(2)14-21)26-23(28)24-15-19-6-8-20(9-7-19)16-27-13-5-12-25-27/h5-14,18H,4,15-16H2,1-3H3,(H2,24,26,28). The molecule has 1 atom stereocenters. The quantitative estimate of drug-likeness (QED) is 0.487. The van der Waals surface area contributed by atoms with Crippen LogP contribution in [0.4, 0.5) is 10.5 Å². The van der Waals surface area contributed by atoms with Crippen LogP contribution < -0.4 is 10.6 Å². The van der Waals surface area contributed by atoms with Crippen LogP contribution in [0.15, 0.2) is 65.8 Å². The van der Waals surface area contributed by atoms with Gasteiger partial charge >= 0.3 is 6.03 Å². The van der Waals surface area contributed by atoms with Gasteiger partial charge in [-0.3, -0.25) is 4.68 Å². The number of carbonyl (C=O) groups excluding carboxylic acids is 1. The summed E-state index contributed by atoms with van der Waals surface area (Å²) in [5.41, 5.74) is 4.14. The highest BCUT2D eigenvalue weighted by molar-refractivity contribution is 7.99. The summed E-state index contributed by atoms with van der Waals surface area (Å²) in [5, 5.41) is 10.7. The van der Waals surface area contributed by atoms with Crippen molar-refractivity contribution in [2.45, 2.75) is 50.4 Å². The number of rotatable bonds is 8. The lowest BCUT2D eigenvalue weighted by Crippen LogP contribution is -2.28. The zero-order valence-corrected chi connectivity index (χ0v) is 18.0. The summed E-state index contributed by atoms with van der Waals surface area (Å²) >= 11 is 1.86. The number of anilines is 1. The zero-order chi connectivity index (χ0) is 20.6. The molecular formula is C23H28N4OS. The fourth-order valence-electron chi connectivity index (χ4n) is 2.86. The molecule has 1 heterocycles. The van der Waals surface area contributed by atoms with Gasteiger partial charge in [-0.1, -0.05) is 38.1 Å². The minimum atomic E-state index is -0.198. The average molecular weight is 409 g/mol. The Kier molecular flexibility index (Phi) is 7.36. The van der Waals surface area contributed by atoms with E-state index in [0.717, 1.165) is 29.8 Å². The van der Waals surface area contributed by atoms with Crippen molar-refractivity contribution in [3.05, 3.63) is 77.6 Å². The summed E-state index contributed by atoms with van der Waals surface area (Å²) in [6.07, 6.45) is 4.85. The monoisotopic (exact) mass is 408 g/mol. The number of amides is 2. The summed E-state index contributed by atoms with van der Waals surface area (Å²) in [6.45, 7) is 7.66. The van der Waals surface area contributed by atoms with E-state index in [4.69, 9.17) is 0 Å². The van der Waals surface area contributed by atoms with Gasteiger partial charge in [-0.25, -0.2) is 4.79 Å². The molecule has 3 rings (SSSR count). The first-order valence-corrected chi connectivity index (χ1v) is 10.8. The summed E-state index contributed by atoms with van der Waals surface area (Å²) < 4.78 is 1.88. The van der Waals surface area contributed by atoms with Gasteiger partial charge in [-0.15, -0.1) is 11.8 Å². The molecule has 0 aliphatic carbocycles. The molecular weight excluding hydrogens is 380 g/mol. The van der Waals surface area contributed by atoms with Crippen LogP contribution in [0.3, 0.4) is 0 Å². The minimum absolute atomic E-state index is 0.198. The number of aryl methyl sites for hydroxylation is 1. The third-order valence-corrected chi connectivity index (χ3v) is 6.00. The Bertz CT molecular complexity index is 923. The van der Waals surface area contributed by atoms with Gasteiger partial charge in [0.1, 0.15) is 0 Å². The number of nitrogens with zero attached hydrogens (tertiary/aromatic N) is 2. The van der Waals surface area contributed by atoms with E-state index in [2.05, 4.69) is 53.8 Å². The highest BCUT2D eigenvalue weighted by Crippen LogP contribution is 2.28. The van der Waals surface area contributed by atoms with Crippen LogP contribution >= 0.6 is 11.8 Å². The lowest BCUT2D eigenvalue weighted by molar-refractivity contribution is 0.251. The Morgan fingerprint density at radius 1 is 1.17 bits per heavy atom. The summed E-state index contributed by atoms with van der Waals surface area (Å²) in [6, 6.07) is 16.1. The van der Waals surface area contributed by atoms with Crippen molar-refractivity contribution in [1.82, 2.24) is 15.1 Å². The molecule has 0 fully saturated rings. The lowest BCUT2D eigenvalue weighted by Gasteiger charge is -2.13. The molecule has 5 nitrogen and oxygen atoms in total. The van der Waals surface area contributed by atoms with E-state index < -0.39 is 0 Å². The van der Waals surface area contributed by atoms with Gasteiger partial charge in [-0.05, 0) is 54.3 Å². The van der Waals surface area contributed by atoms with Gasteiger partial charge in [0.25, 0.3) is 0 Å². The maximum atomic E-state index is 12.3. The highest BCUT2D eigenvalue weighted by atomic mass is 32.2. The molecule has 0 bridgehead atoms. The number of carbonyl (C=O) groups is 1. The van der Waals surface area contributed by atoms with Crippen LogP contribution in [-0.2, 0) is 13.1 Å². The zero-order valence-electron chi connectivity index (χ0n) is 17.2. The molecule has 2 amide bonds. The molecule has 2 N–H and O–H groups in total. The summed E-state index contributed by atoms with van der Waals surface area (Å²) in [7, 11) is 0. The number of benzene rings is 2. The van der Waals surface area contributed by atoms with E-state index in [1.807, 2.05) is 53.8 Å². The van der Waals surface area contributed by atoms with Gasteiger partial charge in [-0.2, -0.15) is 5.10 Å². The SMILES string of the molecule is CCC(C)Sc1ccc(NC(=O)NCc2ccc(Cn3cccn3)cc2)c(C)c1. The highest BCUT2D eigenvalue weighted by Gasteiger charge is 2.07. The molecule has 3 aromatic rings. The molecule has 2 aromatic carbocycles. The Morgan fingerprint density at radius 2 is 1.93 bits per heavy atom. The van der Waals surface area contributed by atoms with Gasteiger partial charge in [0.2, 0.25) is 0 Å². The van der Waals surface area contributed by atoms with Crippen LogP contribution in [0.1, 0.15) is 37.0 Å². The number of urea groups is 1. The third-order valence-electron chi connectivity index (χ3n) is 4.74. The van der Waals surface area contributed by atoms with Gasteiger partial charge in [0.05, 0.1) is 6.54 Å². The fraction of sp³-hybridized carbons (Fsp3) is 0.304. The smallest absolute Gasteiger partial charge is 0.319 e. The van der Waals surface area contributed by atoms with Crippen molar-refractivity contribution in [2.75, 3.05) is 5.32 Å². The molecule has 1 unspecified atom stereocenters. The van der Waals surface area contributed by atoms with E-state index in [0.29, 0.717) is 11.8 Å². The van der Waals surface area contributed by atoms with E-state index in [1.54, 1.807) is 6.20 Å². The fourth-order valence-corrected chi connectivity index (χ4v) is 3.88. The van der Waals surface area contributed by atoms with Crippen molar-refractivity contribution in [1.29, 1.82) is 0 Å². The van der Waals surface area contributed by atoms with Crippen molar-refractivity contribution >= 4 is 23.5 Å². The molecule has 0 saturated heterocycles. The topological polar surface area (TPSA) is 59.0 Å². The Hall–Kier alpha value is -2.73. The van der Waals surface area contributed by atoms with E-state index in [-0.39, 0.29) is 6.03 Å². The Morgan fingerprint density at radius 3 is 2.59 bits per heavy atom. The van der Waals surface area contributed by atoms with Crippen molar-refractivity contribution < 1.29 is 4.79 Å². The largest absolute Gasteiger partial charge is 0.334 e. The normalized spacial score (nSPS) is 11.8. The predicted octanol–water partition coefficient (Wildman–Crippen LogP) is 5.45. The second-order valence-electron chi connectivity index (χ2n) is 7.14. The number of nitrogens with one attached hydrogen (secondary N) is 2. The van der Waals surface area contributed by atoms with Crippen LogP contribution in [0.2, 0.25) is 0 Å². The molecule has 0 spiro atoms. The number of hydrogen-bond acceptors (Lipinski definition) is 3. The molecule has 0 saturated carbocycles. The molecule has 1 aromatic heterocycles. The minimum Gasteiger partial charge on any atom is -0.334 e. The van der Waals surface area contributed by atoms with E-state index in [9.17, 15) is 4.79 Å². The lowest BCUT2D eigenvalue weighted by atomic mass is 10.1. The number of hydrogen-bond donors (Lipinski definition) is 2. The van der Waals surface area contributed by atoms with Gasteiger partial charge in [0.15, 0.2) is 0 Å². The summed E-state index contributed by atoms with van der Waals surface area (Å²) in [5.74, 6) is 0. The second kappa shape index (κ2) is 10.2. The summed E-state index contributed by atoms with van der Waals surface area (Å²) in [4.78, 5) is 13.5. The molecule has 0 aliphatic heterocycles. The second-order valence-corrected chi connectivity index (χ2v) is 8.65. The first kappa shape index (κ1) is 21.0. The first-order valence-electron chi connectivity index (χ1n) is 9.91. The maximum Gasteiger partial charge on any atom is 0.319 e. The molecule has 0 aliphatic rings.